The molecule has 0 aliphatic rings. The van der Waals surface area contributed by atoms with E-state index in [-0.39, 0.29) is 10.7 Å². The Balaban J connectivity index is 2.57. The van der Waals surface area contributed by atoms with Crippen molar-refractivity contribution < 1.29 is 9.90 Å². The quantitative estimate of drug-likeness (QED) is 0.878. The molecule has 1 aromatic heterocycles. The van der Waals surface area contributed by atoms with Gasteiger partial charge in [0.15, 0.2) is 5.69 Å². The molecule has 6 heteroatoms. The number of nitrogen functional groups attached to an aromatic ring is 1. The fraction of sp³-hybridized carbons (Fsp3) is 0.0909. The number of halogens is 1. The number of thiazole rings is 1. The van der Waals surface area contributed by atoms with Gasteiger partial charge in [-0.15, -0.1) is 0 Å². The number of rotatable bonds is 2. The summed E-state index contributed by atoms with van der Waals surface area (Å²) in [6.07, 6.45) is 0. The third-order valence-corrected chi connectivity index (χ3v) is 3.44. The number of benzene rings is 1. The number of hydrogen-bond donors (Lipinski definition) is 2. The normalized spacial score (nSPS) is 10.5. The Bertz CT molecular complexity index is 595. The van der Waals surface area contributed by atoms with E-state index in [4.69, 9.17) is 22.4 Å². The van der Waals surface area contributed by atoms with Crippen molar-refractivity contribution >= 4 is 33.9 Å². The summed E-state index contributed by atoms with van der Waals surface area (Å²) >= 11 is 7.05. The van der Waals surface area contributed by atoms with Crippen LogP contribution in [0.2, 0.25) is 5.02 Å². The molecule has 17 heavy (non-hydrogen) atoms. The van der Waals surface area contributed by atoms with Gasteiger partial charge in [0.1, 0.15) is 10.0 Å². The smallest absolute Gasteiger partial charge is 0.357 e. The highest BCUT2D eigenvalue weighted by Gasteiger charge is 2.17. The largest absolute Gasteiger partial charge is 0.476 e. The van der Waals surface area contributed by atoms with Gasteiger partial charge in [0.25, 0.3) is 0 Å². The first-order valence-electron chi connectivity index (χ1n) is 4.75. The first kappa shape index (κ1) is 11.9. The lowest BCUT2D eigenvalue weighted by Gasteiger charge is -2.01. The molecule has 3 N–H and O–H groups in total. The Morgan fingerprint density at radius 3 is 2.82 bits per heavy atom. The van der Waals surface area contributed by atoms with E-state index in [1.54, 1.807) is 12.1 Å². The molecule has 0 saturated carbocycles. The monoisotopic (exact) mass is 268 g/mol. The number of carboxylic acid groups (broad SMARTS) is 1. The van der Waals surface area contributed by atoms with E-state index in [9.17, 15) is 4.79 Å². The summed E-state index contributed by atoms with van der Waals surface area (Å²) in [6.45, 7) is 1.91. The van der Waals surface area contributed by atoms with Crippen LogP contribution in [0.25, 0.3) is 10.6 Å². The van der Waals surface area contributed by atoms with Crippen LogP contribution in [0, 0.1) is 6.92 Å². The third kappa shape index (κ3) is 2.25. The number of nitrogens with two attached hydrogens (primary N) is 1. The highest BCUT2D eigenvalue weighted by molar-refractivity contribution is 7.19. The van der Waals surface area contributed by atoms with E-state index in [0.717, 1.165) is 22.5 Å². The van der Waals surface area contributed by atoms with E-state index in [0.29, 0.717) is 10.0 Å². The Kier molecular flexibility index (Phi) is 3.04. The molecular formula is C11H9ClN2O2S. The van der Waals surface area contributed by atoms with Crippen molar-refractivity contribution in [3.05, 3.63) is 34.5 Å². The van der Waals surface area contributed by atoms with Crippen LogP contribution in [0.3, 0.4) is 0 Å². The van der Waals surface area contributed by atoms with Gasteiger partial charge in [0.05, 0.1) is 0 Å². The molecule has 0 radical (unpaired) electrons. The first-order chi connectivity index (χ1) is 7.99. The van der Waals surface area contributed by atoms with Gasteiger partial charge in [0, 0.05) is 10.6 Å². The maximum absolute atomic E-state index is 10.9. The summed E-state index contributed by atoms with van der Waals surface area (Å²) < 4.78 is 0. The maximum atomic E-state index is 10.9. The molecule has 0 amide bonds. The van der Waals surface area contributed by atoms with Crippen molar-refractivity contribution in [3.63, 3.8) is 0 Å². The van der Waals surface area contributed by atoms with Gasteiger partial charge in [-0.05, 0) is 24.6 Å². The van der Waals surface area contributed by atoms with Crippen molar-refractivity contribution in [2.45, 2.75) is 6.92 Å². The molecule has 0 bridgehead atoms. The predicted octanol–water partition coefficient (Wildman–Crippen LogP) is 3.05. The molecule has 1 aromatic carbocycles. The van der Waals surface area contributed by atoms with E-state index in [1.807, 2.05) is 13.0 Å². The topological polar surface area (TPSA) is 76.2 Å². The number of carbonyl (C=O) groups is 1. The van der Waals surface area contributed by atoms with Gasteiger partial charge >= 0.3 is 5.97 Å². The number of anilines is 1. The molecule has 2 aromatic rings. The number of aryl methyl sites for hydroxylation is 1. The highest BCUT2D eigenvalue weighted by Crippen LogP contribution is 2.33. The Hall–Kier alpha value is -1.59. The number of aromatic carboxylic acids is 1. The summed E-state index contributed by atoms with van der Waals surface area (Å²) in [4.78, 5) is 14.9. The van der Waals surface area contributed by atoms with Crippen LogP contribution in [0.15, 0.2) is 18.2 Å². The number of nitrogens with zero attached hydrogens (tertiary/aromatic N) is 1. The van der Waals surface area contributed by atoms with Gasteiger partial charge in [-0.1, -0.05) is 29.0 Å². The van der Waals surface area contributed by atoms with Crippen LogP contribution in [-0.2, 0) is 0 Å². The minimum atomic E-state index is -1.12. The summed E-state index contributed by atoms with van der Waals surface area (Å²) in [7, 11) is 0. The van der Waals surface area contributed by atoms with Crippen LogP contribution < -0.4 is 5.73 Å². The van der Waals surface area contributed by atoms with Crippen LogP contribution in [0.1, 0.15) is 16.1 Å². The molecule has 4 nitrogen and oxygen atoms in total. The summed E-state index contributed by atoms with van der Waals surface area (Å²) in [5.74, 6) is -1.12. The first-order valence-corrected chi connectivity index (χ1v) is 5.94. The van der Waals surface area contributed by atoms with E-state index < -0.39 is 5.97 Å². The second kappa shape index (κ2) is 4.35. The van der Waals surface area contributed by atoms with E-state index in [1.165, 1.54) is 0 Å². The Morgan fingerprint density at radius 2 is 2.24 bits per heavy atom. The number of aromatic nitrogens is 1. The SMILES string of the molecule is Cc1ccc(Cl)cc1-c1nc(C(=O)O)c(N)s1. The molecule has 0 saturated heterocycles. The lowest BCUT2D eigenvalue weighted by atomic mass is 10.1. The van der Waals surface area contributed by atoms with E-state index in [2.05, 4.69) is 4.98 Å². The van der Waals surface area contributed by atoms with Crippen LogP contribution in [-0.4, -0.2) is 16.1 Å². The van der Waals surface area contributed by atoms with Crippen LogP contribution >= 0.6 is 22.9 Å². The highest BCUT2D eigenvalue weighted by atomic mass is 35.5. The van der Waals surface area contributed by atoms with E-state index >= 15 is 0 Å². The molecule has 0 fully saturated rings. The fourth-order valence-electron chi connectivity index (χ4n) is 1.43. The van der Waals surface area contributed by atoms with Crippen molar-refractivity contribution in [2.24, 2.45) is 0 Å². The summed E-state index contributed by atoms with van der Waals surface area (Å²) in [5, 5.41) is 10.2. The molecular weight excluding hydrogens is 260 g/mol. The zero-order valence-electron chi connectivity index (χ0n) is 8.90. The molecule has 0 spiro atoms. The zero-order valence-corrected chi connectivity index (χ0v) is 10.5. The lowest BCUT2D eigenvalue weighted by molar-refractivity contribution is 0.0692. The van der Waals surface area contributed by atoms with Crippen molar-refractivity contribution in [1.82, 2.24) is 4.98 Å². The minimum Gasteiger partial charge on any atom is -0.476 e. The van der Waals surface area contributed by atoms with Crippen LogP contribution in [0.4, 0.5) is 5.00 Å². The second-order valence-electron chi connectivity index (χ2n) is 3.50. The lowest BCUT2D eigenvalue weighted by Crippen LogP contribution is -2.00. The number of hydrogen-bond acceptors (Lipinski definition) is 4. The average Bonchev–Trinajstić information content (AvgIpc) is 2.64. The Labute approximate surface area is 107 Å². The molecule has 0 atom stereocenters. The second-order valence-corrected chi connectivity index (χ2v) is 4.96. The average molecular weight is 269 g/mol. The molecule has 0 unspecified atom stereocenters. The standard InChI is InChI=1S/C11H9ClN2O2S/c1-5-2-3-6(12)4-7(5)10-14-8(11(15)16)9(13)17-10/h2-4H,13H2,1H3,(H,15,16). The van der Waals surface area contributed by atoms with Crippen molar-refractivity contribution in [3.8, 4) is 10.6 Å². The van der Waals surface area contributed by atoms with Gasteiger partial charge in [0.2, 0.25) is 0 Å². The van der Waals surface area contributed by atoms with Crippen molar-refractivity contribution in [2.75, 3.05) is 5.73 Å². The third-order valence-electron chi connectivity index (χ3n) is 2.29. The molecule has 0 aliphatic carbocycles. The summed E-state index contributed by atoms with van der Waals surface area (Å²) in [6, 6.07) is 5.38. The molecule has 1 heterocycles. The summed E-state index contributed by atoms with van der Waals surface area (Å²) in [5.41, 5.74) is 7.28. The molecule has 0 aliphatic heterocycles. The molecule has 88 valence electrons. The van der Waals surface area contributed by atoms with Crippen molar-refractivity contribution in [1.29, 1.82) is 0 Å². The fourth-order valence-corrected chi connectivity index (χ4v) is 2.50. The van der Waals surface area contributed by atoms with Gasteiger partial charge in [-0.25, -0.2) is 9.78 Å². The van der Waals surface area contributed by atoms with Gasteiger partial charge in [-0.2, -0.15) is 0 Å². The van der Waals surface area contributed by atoms with Gasteiger partial charge in [-0.3, -0.25) is 0 Å². The zero-order chi connectivity index (χ0) is 12.6. The molecule has 2 rings (SSSR count). The van der Waals surface area contributed by atoms with Crippen LogP contribution in [0.5, 0.6) is 0 Å². The number of carboxylic acids is 1. The minimum absolute atomic E-state index is 0.107. The maximum Gasteiger partial charge on any atom is 0.357 e. The Morgan fingerprint density at radius 1 is 1.53 bits per heavy atom. The predicted molar refractivity (Wildman–Crippen MR) is 68.7 cm³/mol. The van der Waals surface area contributed by atoms with Gasteiger partial charge < -0.3 is 10.8 Å².